The summed E-state index contributed by atoms with van der Waals surface area (Å²) in [5.41, 5.74) is 1.11. The second kappa shape index (κ2) is 9.89. The van der Waals surface area contributed by atoms with Crippen LogP contribution in [0.2, 0.25) is 0 Å². The molecule has 0 unspecified atom stereocenters. The molecule has 2 aromatic rings. The van der Waals surface area contributed by atoms with Gasteiger partial charge in [-0.3, -0.25) is 4.79 Å². The topological polar surface area (TPSA) is 75.7 Å². The molecular weight excluding hydrogens is 388 g/mol. The van der Waals surface area contributed by atoms with E-state index in [9.17, 15) is 13.2 Å². The zero-order valence-corrected chi connectivity index (χ0v) is 17.5. The molecule has 6 nitrogen and oxygen atoms in total. The van der Waals surface area contributed by atoms with Crippen molar-refractivity contribution in [3.8, 4) is 5.75 Å². The minimum atomic E-state index is -3.56. The highest BCUT2D eigenvalue weighted by atomic mass is 32.2. The van der Waals surface area contributed by atoms with E-state index in [1.165, 1.54) is 4.31 Å². The minimum Gasteiger partial charge on any atom is -0.496 e. The normalized spacial score (nSPS) is 17.6. The van der Waals surface area contributed by atoms with Crippen LogP contribution in [-0.2, 0) is 21.2 Å². The third kappa shape index (κ3) is 5.36. The summed E-state index contributed by atoms with van der Waals surface area (Å²) in [5.74, 6) is 0.472. The van der Waals surface area contributed by atoms with Crippen LogP contribution >= 0.6 is 0 Å². The molecule has 1 fully saturated rings. The first-order valence-corrected chi connectivity index (χ1v) is 11.4. The molecule has 156 valence electrons. The number of piperidine rings is 1. The van der Waals surface area contributed by atoms with E-state index in [1.807, 2.05) is 24.3 Å². The molecule has 0 radical (unpaired) electrons. The van der Waals surface area contributed by atoms with Crippen LogP contribution in [0.25, 0.3) is 0 Å². The number of nitrogens with one attached hydrogen (secondary N) is 1. The second-order valence-electron chi connectivity index (χ2n) is 7.22. The molecule has 0 saturated carbocycles. The van der Waals surface area contributed by atoms with Crippen molar-refractivity contribution in [1.29, 1.82) is 0 Å². The molecule has 0 aliphatic carbocycles. The number of sulfonamides is 1. The summed E-state index contributed by atoms with van der Waals surface area (Å²) < 4.78 is 32.4. The highest BCUT2D eigenvalue weighted by Gasteiger charge is 2.33. The molecule has 1 N–H and O–H groups in total. The highest BCUT2D eigenvalue weighted by molar-refractivity contribution is 7.89. The first-order valence-electron chi connectivity index (χ1n) is 9.97. The standard InChI is InChI=1S/C22H28N2O4S/c1-28-21-14-6-5-9-18(21)10-7-15-23-22(25)19-11-8-16-24(17-19)29(26,27)20-12-3-2-4-13-20/h2-6,9,12-14,19H,7-8,10-11,15-17H2,1H3,(H,23,25)/t19-/m0/s1. The SMILES string of the molecule is COc1ccccc1CCCNC(=O)[C@H]1CCCN(S(=O)(=O)c2ccccc2)C1. The average Bonchev–Trinajstić information content (AvgIpc) is 2.77. The Hall–Kier alpha value is -2.38. The maximum absolute atomic E-state index is 12.8. The van der Waals surface area contributed by atoms with E-state index in [0.717, 1.165) is 24.2 Å². The summed E-state index contributed by atoms with van der Waals surface area (Å²) in [7, 11) is -1.91. The van der Waals surface area contributed by atoms with Gasteiger partial charge in [-0.25, -0.2) is 8.42 Å². The van der Waals surface area contributed by atoms with Gasteiger partial charge >= 0.3 is 0 Å². The molecule has 0 bridgehead atoms. The fraction of sp³-hybridized carbons (Fsp3) is 0.409. The molecule has 1 aliphatic rings. The number of para-hydroxylation sites is 1. The van der Waals surface area contributed by atoms with Gasteiger partial charge in [0, 0.05) is 19.6 Å². The van der Waals surface area contributed by atoms with Gasteiger partial charge in [-0.05, 0) is 49.4 Å². The Bertz CT molecular complexity index is 915. The maximum Gasteiger partial charge on any atom is 0.243 e. The van der Waals surface area contributed by atoms with Crippen LogP contribution in [-0.4, -0.2) is 45.4 Å². The minimum absolute atomic E-state index is 0.0713. The molecule has 0 aromatic heterocycles. The zero-order valence-electron chi connectivity index (χ0n) is 16.7. The van der Waals surface area contributed by atoms with E-state index in [2.05, 4.69) is 5.32 Å². The van der Waals surface area contributed by atoms with Crippen molar-refractivity contribution >= 4 is 15.9 Å². The quantitative estimate of drug-likeness (QED) is 0.672. The van der Waals surface area contributed by atoms with Gasteiger partial charge in [0.2, 0.25) is 15.9 Å². The van der Waals surface area contributed by atoms with E-state index in [4.69, 9.17) is 4.74 Å². The van der Waals surface area contributed by atoms with Crippen molar-refractivity contribution in [2.24, 2.45) is 5.92 Å². The predicted octanol–water partition coefficient (Wildman–Crippen LogP) is 2.84. The van der Waals surface area contributed by atoms with Crippen LogP contribution in [0.5, 0.6) is 5.75 Å². The van der Waals surface area contributed by atoms with Crippen LogP contribution in [0.15, 0.2) is 59.5 Å². The molecule has 1 aliphatic heterocycles. The first kappa shape index (κ1) is 21.3. The number of hydrogen-bond acceptors (Lipinski definition) is 4. The van der Waals surface area contributed by atoms with Crippen LogP contribution in [0, 0.1) is 5.92 Å². The van der Waals surface area contributed by atoms with Crippen LogP contribution in [0.4, 0.5) is 0 Å². The summed E-state index contributed by atoms with van der Waals surface area (Å²) in [6, 6.07) is 16.3. The van der Waals surface area contributed by atoms with Gasteiger partial charge in [-0.1, -0.05) is 36.4 Å². The van der Waals surface area contributed by atoms with Gasteiger partial charge in [0.25, 0.3) is 0 Å². The Morgan fingerprint density at radius 1 is 1.14 bits per heavy atom. The Balaban J connectivity index is 1.51. The fourth-order valence-corrected chi connectivity index (χ4v) is 5.21. The monoisotopic (exact) mass is 416 g/mol. The second-order valence-corrected chi connectivity index (χ2v) is 9.16. The van der Waals surface area contributed by atoms with Gasteiger partial charge in [-0.2, -0.15) is 4.31 Å². The van der Waals surface area contributed by atoms with Gasteiger partial charge < -0.3 is 10.1 Å². The number of carbonyl (C=O) groups excluding carboxylic acids is 1. The number of ether oxygens (including phenoxy) is 1. The number of nitrogens with zero attached hydrogens (tertiary/aromatic N) is 1. The lowest BCUT2D eigenvalue weighted by Gasteiger charge is -2.31. The molecule has 7 heteroatoms. The van der Waals surface area contributed by atoms with E-state index < -0.39 is 10.0 Å². The zero-order chi connectivity index (χ0) is 20.7. The number of amides is 1. The van der Waals surface area contributed by atoms with Crippen molar-refractivity contribution in [1.82, 2.24) is 9.62 Å². The van der Waals surface area contributed by atoms with Gasteiger partial charge in [0.15, 0.2) is 0 Å². The lowest BCUT2D eigenvalue weighted by Crippen LogP contribution is -2.45. The Kier molecular flexibility index (Phi) is 7.28. The number of benzene rings is 2. The summed E-state index contributed by atoms with van der Waals surface area (Å²) in [6.07, 6.45) is 3.00. The third-order valence-electron chi connectivity index (χ3n) is 5.25. The van der Waals surface area contributed by atoms with Crippen LogP contribution in [0.3, 0.4) is 0 Å². The number of hydrogen-bond donors (Lipinski definition) is 1. The highest BCUT2D eigenvalue weighted by Crippen LogP contribution is 2.24. The van der Waals surface area contributed by atoms with Crippen molar-refractivity contribution < 1.29 is 17.9 Å². The predicted molar refractivity (Wildman–Crippen MR) is 112 cm³/mol. The molecule has 1 amide bonds. The number of aryl methyl sites for hydroxylation is 1. The van der Waals surface area contributed by atoms with Crippen LogP contribution in [0.1, 0.15) is 24.8 Å². The van der Waals surface area contributed by atoms with Crippen LogP contribution < -0.4 is 10.1 Å². The number of carbonyl (C=O) groups is 1. The van der Waals surface area contributed by atoms with Crippen molar-refractivity contribution in [2.45, 2.75) is 30.6 Å². The molecule has 1 heterocycles. The molecule has 2 aromatic carbocycles. The van der Waals surface area contributed by atoms with Gasteiger partial charge in [0.05, 0.1) is 17.9 Å². The Morgan fingerprint density at radius 2 is 1.86 bits per heavy atom. The van der Waals surface area contributed by atoms with E-state index in [1.54, 1.807) is 37.4 Å². The summed E-state index contributed by atoms with van der Waals surface area (Å²) in [5, 5.41) is 2.97. The number of methoxy groups -OCH3 is 1. The molecule has 1 atom stereocenters. The summed E-state index contributed by atoms with van der Waals surface area (Å²) in [4.78, 5) is 12.9. The molecule has 0 spiro atoms. The lowest BCUT2D eigenvalue weighted by atomic mass is 9.99. The molecule has 3 rings (SSSR count). The Morgan fingerprint density at radius 3 is 2.62 bits per heavy atom. The summed E-state index contributed by atoms with van der Waals surface area (Å²) >= 11 is 0. The van der Waals surface area contributed by atoms with Crippen molar-refractivity contribution in [3.63, 3.8) is 0 Å². The third-order valence-corrected chi connectivity index (χ3v) is 7.13. The van der Waals surface area contributed by atoms with Crippen molar-refractivity contribution in [2.75, 3.05) is 26.7 Å². The average molecular weight is 417 g/mol. The largest absolute Gasteiger partial charge is 0.496 e. The molecule has 1 saturated heterocycles. The maximum atomic E-state index is 12.8. The fourth-order valence-electron chi connectivity index (χ4n) is 3.66. The Labute approximate surface area is 172 Å². The summed E-state index contributed by atoms with van der Waals surface area (Å²) in [6.45, 7) is 1.24. The number of rotatable bonds is 8. The smallest absolute Gasteiger partial charge is 0.243 e. The van der Waals surface area contributed by atoms with E-state index >= 15 is 0 Å². The molecular formula is C22H28N2O4S. The van der Waals surface area contributed by atoms with E-state index in [0.29, 0.717) is 25.9 Å². The van der Waals surface area contributed by atoms with Crippen molar-refractivity contribution in [3.05, 3.63) is 60.2 Å². The first-order chi connectivity index (χ1) is 14.0. The van der Waals surface area contributed by atoms with Gasteiger partial charge in [-0.15, -0.1) is 0 Å². The molecule has 29 heavy (non-hydrogen) atoms. The lowest BCUT2D eigenvalue weighted by molar-refractivity contribution is -0.126. The van der Waals surface area contributed by atoms with E-state index in [-0.39, 0.29) is 23.3 Å². The van der Waals surface area contributed by atoms with Gasteiger partial charge in [0.1, 0.15) is 5.75 Å².